The van der Waals surface area contributed by atoms with Crippen LogP contribution in [0.15, 0.2) is 24.3 Å². The van der Waals surface area contributed by atoms with Crippen molar-refractivity contribution in [1.29, 1.82) is 0 Å². The molecule has 0 saturated heterocycles. The summed E-state index contributed by atoms with van der Waals surface area (Å²) < 4.78 is 9.09. The van der Waals surface area contributed by atoms with Gasteiger partial charge in [-0.1, -0.05) is 29.8 Å². The van der Waals surface area contributed by atoms with Crippen LogP contribution in [0.5, 0.6) is 0 Å². The van der Waals surface area contributed by atoms with Crippen molar-refractivity contribution in [2.45, 2.75) is 19.1 Å². The Balaban J connectivity index is 2.03. The summed E-state index contributed by atoms with van der Waals surface area (Å²) in [6.07, 6.45) is 0. The third-order valence-electron chi connectivity index (χ3n) is 2.78. The average molecular weight is 314 g/mol. The molecule has 0 spiro atoms. The summed E-state index contributed by atoms with van der Waals surface area (Å²) in [4.78, 5) is 4.25. The molecule has 5 nitrogen and oxygen atoms in total. The number of nitrogens with zero attached hydrogens (tertiary/aromatic N) is 2. The lowest BCUT2D eigenvalue weighted by atomic mass is 9.96. The first-order chi connectivity index (χ1) is 9.53. The zero-order valence-corrected chi connectivity index (χ0v) is 12.8. The molecule has 0 aliphatic heterocycles. The summed E-state index contributed by atoms with van der Waals surface area (Å²) in [5.41, 5.74) is -0.415. The minimum atomic E-state index is -1.09. The van der Waals surface area contributed by atoms with E-state index in [1.165, 1.54) is 11.5 Å². The highest BCUT2D eigenvalue weighted by Gasteiger charge is 2.25. The Bertz CT molecular complexity index is 574. The van der Waals surface area contributed by atoms with Crippen molar-refractivity contribution < 1.29 is 9.84 Å². The molecule has 0 saturated carbocycles. The van der Waals surface area contributed by atoms with Crippen molar-refractivity contribution in [3.05, 3.63) is 40.7 Å². The number of aliphatic hydroxyl groups is 1. The van der Waals surface area contributed by atoms with E-state index in [0.717, 1.165) is 0 Å². The van der Waals surface area contributed by atoms with Crippen molar-refractivity contribution in [3.63, 3.8) is 0 Å². The van der Waals surface area contributed by atoms with E-state index in [1.54, 1.807) is 26.2 Å². The zero-order chi connectivity index (χ0) is 14.6. The number of hydrogen-bond donors (Lipinski definition) is 2. The second-order valence-electron chi connectivity index (χ2n) is 4.56. The molecular formula is C13H16ClN3O2S. The maximum atomic E-state index is 10.5. The topological polar surface area (TPSA) is 67.3 Å². The summed E-state index contributed by atoms with van der Waals surface area (Å²) in [6, 6.07) is 7.24. The molecule has 0 radical (unpaired) electrons. The molecule has 108 valence electrons. The Labute approximate surface area is 126 Å². The molecule has 20 heavy (non-hydrogen) atoms. The fourth-order valence-electron chi connectivity index (χ4n) is 1.75. The Morgan fingerprint density at radius 3 is 2.90 bits per heavy atom. The van der Waals surface area contributed by atoms with Crippen LogP contribution < -0.4 is 5.32 Å². The second kappa shape index (κ2) is 6.49. The van der Waals surface area contributed by atoms with Gasteiger partial charge in [0.25, 0.3) is 0 Å². The van der Waals surface area contributed by atoms with Crippen LogP contribution in [0, 0.1) is 0 Å². The number of benzene rings is 1. The van der Waals surface area contributed by atoms with E-state index in [2.05, 4.69) is 14.7 Å². The van der Waals surface area contributed by atoms with Crippen molar-refractivity contribution in [2.24, 2.45) is 0 Å². The first-order valence-corrected chi connectivity index (χ1v) is 7.21. The third kappa shape index (κ3) is 3.67. The molecule has 1 aromatic heterocycles. The molecule has 2 N–H and O–H groups in total. The van der Waals surface area contributed by atoms with Gasteiger partial charge in [0.05, 0.1) is 0 Å². The van der Waals surface area contributed by atoms with E-state index in [0.29, 0.717) is 34.7 Å². The van der Waals surface area contributed by atoms with Gasteiger partial charge in [-0.05, 0) is 13.0 Å². The van der Waals surface area contributed by atoms with E-state index in [1.807, 2.05) is 12.1 Å². The van der Waals surface area contributed by atoms with Crippen LogP contribution in [-0.4, -0.2) is 28.1 Å². The fraction of sp³-hybridized carbons (Fsp3) is 0.385. The normalized spacial score (nSPS) is 14.0. The molecule has 0 fully saturated rings. The summed E-state index contributed by atoms with van der Waals surface area (Å²) in [7, 11) is 1.59. The van der Waals surface area contributed by atoms with Crippen LogP contribution >= 0.6 is 23.1 Å². The van der Waals surface area contributed by atoms with Crippen molar-refractivity contribution >= 4 is 28.3 Å². The Morgan fingerprint density at radius 2 is 2.20 bits per heavy atom. The standard InChI is InChI=1S/C13H16ClN3O2S/c1-13(18,9-5-3-4-6-10(9)14)8-15-12-16-11(7-19-2)17-20-12/h3-6,18H,7-8H2,1-2H3,(H,15,16,17). The largest absolute Gasteiger partial charge is 0.384 e. The fourth-order valence-corrected chi connectivity index (χ4v) is 2.66. The highest BCUT2D eigenvalue weighted by Crippen LogP contribution is 2.28. The van der Waals surface area contributed by atoms with Gasteiger partial charge < -0.3 is 15.2 Å². The number of methoxy groups -OCH3 is 1. The molecule has 7 heteroatoms. The molecule has 1 heterocycles. The summed E-state index contributed by atoms with van der Waals surface area (Å²) in [5, 5.41) is 14.8. The first-order valence-electron chi connectivity index (χ1n) is 6.06. The highest BCUT2D eigenvalue weighted by atomic mass is 35.5. The number of anilines is 1. The Hall–Kier alpha value is -1.21. The molecule has 1 unspecified atom stereocenters. The smallest absolute Gasteiger partial charge is 0.202 e. The lowest BCUT2D eigenvalue weighted by Crippen LogP contribution is -2.31. The van der Waals surface area contributed by atoms with Crippen molar-refractivity contribution in [1.82, 2.24) is 9.36 Å². The number of hydrogen-bond acceptors (Lipinski definition) is 6. The monoisotopic (exact) mass is 313 g/mol. The first kappa shape index (κ1) is 15.2. The molecule has 0 aliphatic rings. The second-order valence-corrected chi connectivity index (χ2v) is 5.72. The van der Waals surface area contributed by atoms with E-state index in [9.17, 15) is 5.11 Å². The lowest BCUT2D eigenvalue weighted by molar-refractivity contribution is 0.0716. The zero-order valence-electron chi connectivity index (χ0n) is 11.3. The molecular weight excluding hydrogens is 298 g/mol. The van der Waals surface area contributed by atoms with Crippen LogP contribution in [0.2, 0.25) is 5.02 Å². The Morgan fingerprint density at radius 1 is 1.45 bits per heavy atom. The minimum absolute atomic E-state index is 0.290. The van der Waals surface area contributed by atoms with Gasteiger partial charge in [0.2, 0.25) is 5.13 Å². The maximum absolute atomic E-state index is 10.5. The van der Waals surface area contributed by atoms with Crippen molar-refractivity contribution in [3.8, 4) is 0 Å². The SMILES string of the molecule is COCc1nsc(NCC(C)(O)c2ccccc2Cl)n1. The molecule has 0 aliphatic carbocycles. The van der Waals surface area contributed by atoms with Gasteiger partial charge in [0, 0.05) is 35.8 Å². The molecule has 0 amide bonds. The predicted molar refractivity (Wildman–Crippen MR) is 80.1 cm³/mol. The highest BCUT2D eigenvalue weighted by molar-refractivity contribution is 7.09. The molecule has 1 aromatic carbocycles. The van der Waals surface area contributed by atoms with Crippen LogP contribution in [0.3, 0.4) is 0 Å². The summed E-state index contributed by atoms with van der Waals surface area (Å²) >= 11 is 7.34. The van der Waals surface area contributed by atoms with Gasteiger partial charge in [-0.25, -0.2) is 4.98 Å². The maximum Gasteiger partial charge on any atom is 0.202 e. The van der Waals surface area contributed by atoms with E-state index < -0.39 is 5.60 Å². The average Bonchev–Trinajstić information content (AvgIpc) is 2.85. The number of aromatic nitrogens is 2. The van der Waals surface area contributed by atoms with Gasteiger partial charge in [-0.2, -0.15) is 4.37 Å². The van der Waals surface area contributed by atoms with Gasteiger partial charge in [-0.15, -0.1) is 0 Å². The number of ether oxygens (including phenoxy) is 1. The van der Waals surface area contributed by atoms with Crippen LogP contribution in [0.25, 0.3) is 0 Å². The van der Waals surface area contributed by atoms with Crippen molar-refractivity contribution in [2.75, 3.05) is 19.0 Å². The minimum Gasteiger partial charge on any atom is -0.384 e. The summed E-state index contributed by atoms with van der Waals surface area (Å²) in [5.74, 6) is 0.623. The van der Waals surface area contributed by atoms with Crippen LogP contribution in [0.1, 0.15) is 18.3 Å². The molecule has 1 atom stereocenters. The van der Waals surface area contributed by atoms with Gasteiger partial charge in [-0.3, -0.25) is 0 Å². The van der Waals surface area contributed by atoms with Gasteiger partial charge in [0.1, 0.15) is 12.2 Å². The Kier molecular flexibility index (Phi) is 4.93. The number of rotatable bonds is 6. The lowest BCUT2D eigenvalue weighted by Gasteiger charge is -2.25. The van der Waals surface area contributed by atoms with Crippen LogP contribution in [-0.2, 0) is 16.9 Å². The number of halogens is 1. The van der Waals surface area contributed by atoms with E-state index in [4.69, 9.17) is 16.3 Å². The molecule has 2 rings (SSSR count). The van der Waals surface area contributed by atoms with Gasteiger partial charge in [0.15, 0.2) is 5.82 Å². The van der Waals surface area contributed by atoms with E-state index in [-0.39, 0.29) is 0 Å². The summed E-state index contributed by atoms with van der Waals surface area (Å²) in [6.45, 7) is 2.37. The predicted octanol–water partition coefficient (Wildman–Crippen LogP) is 2.66. The molecule has 2 aromatic rings. The van der Waals surface area contributed by atoms with Gasteiger partial charge >= 0.3 is 0 Å². The third-order valence-corrected chi connectivity index (χ3v) is 3.82. The van der Waals surface area contributed by atoms with Crippen LogP contribution in [0.4, 0.5) is 5.13 Å². The van der Waals surface area contributed by atoms with E-state index >= 15 is 0 Å². The quantitative estimate of drug-likeness (QED) is 0.858. The molecule has 0 bridgehead atoms. The number of nitrogens with one attached hydrogen (secondary N) is 1.